The fourth-order valence-corrected chi connectivity index (χ4v) is 7.77. The summed E-state index contributed by atoms with van der Waals surface area (Å²) >= 11 is 1.36. The second-order valence-electron chi connectivity index (χ2n) is 15.4. The molecule has 0 saturated carbocycles. The minimum absolute atomic E-state index is 0.0291. The van der Waals surface area contributed by atoms with E-state index < -0.39 is 95.9 Å². The first kappa shape index (κ1) is 48.6. The molecule has 17 heteroatoms. The smallest absolute Gasteiger partial charge is 0.245 e. The summed E-state index contributed by atoms with van der Waals surface area (Å²) in [7, 11) is 1.51. The molecule has 3 rings (SSSR count). The molecule has 326 valence electrons. The van der Waals surface area contributed by atoms with Gasteiger partial charge >= 0.3 is 0 Å². The molecule has 0 aliphatic carbocycles. The Labute approximate surface area is 351 Å². The Hall–Kier alpha value is -4.74. The van der Waals surface area contributed by atoms with Crippen molar-refractivity contribution in [3.63, 3.8) is 0 Å². The fourth-order valence-electron chi connectivity index (χ4n) is 6.83. The lowest BCUT2D eigenvalue weighted by atomic mass is 9.94. The van der Waals surface area contributed by atoms with Crippen molar-refractivity contribution in [3.8, 4) is 0 Å². The van der Waals surface area contributed by atoms with Crippen LogP contribution in [0.4, 0.5) is 0 Å². The van der Waals surface area contributed by atoms with E-state index >= 15 is 0 Å². The Morgan fingerprint density at radius 3 is 2.05 bits per heavy atom. The molecule has 10 N–H and O–H groups in total. The monoisotopic (exact) mass is 840 g/mol. The van der Waals surface area contributed by atoms with E-state index in [-0.39, 0.29) is 25.9 Å². The number of aliphatic hydroxyl groups is 1. The molecule has 0 bridgehead atoms. The van der Waals surface area contributed by atoms with E-state index in [0.717, 1.165) is 16.3 Å². The molecule has 2 aromatic rings. The van der Waals surface area contributed by atoms with Gasteiger partial charge in [0.05, 0.1) is 19.1 Å². The molecule has 1 fully saturated rings. The van der Waals surface area contributed by atoms with Crippen molar-refractivity contribution in [2.45, 2.75) is 115 Å². The zero-order chi connectivity index (χ0) is 43.6. The van der Waals surface area contributed by atoms with Gasteiger partial charge in [-0.3, -0.25) is 33.6 Å². The number of fused-ring (bicyclic) bond motifs is 1. The molecule has 0 unspecified atom stereocenters. The van der Waals surface area contributed by atoms with Crippen molar-refractivity contribution in [1.82, 2.24) is 31.5 Å². The molecule has 59 heavy (non-hydrogen) atoms. The van der Waals surface area contributed by atoms with Gasteiger partial charge in [0.25, 0.3) is 0 Å². The van der Waals surface area contributed by atoms with E-state index in [2.05, 4.69) is 26.6 Å². The second-order valence-corrected chi connectivity index (χ2v) is 16.6. The van der Waals surface area contributed by atoms with Gasteiger partial charge in [-0.2, -0.15) is 11.8 Å². The van der Waals surface area contributed by atoms with E-state index in [0.29, 0.717) is 43.7 Å². The van der Waals surface area contributed by atoms with Crippen LogP contribution in [-0.2, 0) is 40.0 Å². The minimum Gasteiger partial charge on any atom is -0.394 e. The fraction of sp³-hybridized carbons (Fsp3) is 0.595. The number of likely N-dealkylation sites (N-methyl/N-ethyl adjacent to an activating group) is 1. The van der Waals surface area contributed by atoms with Gasteiger partial charge in [0.15, 0.2) is 0 Å². The summed E-state index contributed by atoms with van der Waals surface area (Å²) in [4.78, 5) is 97.1. The number of primary amides is 1. The second kappa shape index (κ2) is 24.4. The van der Waals surface area contributed by atoms with Crippen LogP contribution >= 0.6 is 11.8 Å². The van der Waals surface area contributed by atoms with Crippen molar-refractivity contribution in [2.75, 3.05) is 31.7 Å². The van der Waals surface area contributed by atoms with Crippen LogP contribution in [0.5, 0.6) is 0 Å². The van der Waals surface area contributed by atoms with Crippen molar-refractivity contribution in [3.05, 3.63) is 48.0 Å². The SMILES string of the molecule is CC[C@@H](C)[C@@H]1NC(=O)[C@H]([C@@H](C)CC)NC(=O)[C@@H](Cc2ccc3ccccc3c2)NC(=O)CCSCC[C@@H](C(=O)N(C)[C@H](CO)CCCN)NC(=O)[C@H](CC(N)=O)NC1=O. The molecule has 1 aliphatic rings. The molecule has 2 aromatic carbocycles. The quantitative estimate of drug-likeness (QED) is 0.133. The average molecular weight is 841 g/mol. The average Bonchev–Trinajstić information content (AvgIpc) is 3.22. The van der Waals surface area contributed by atoms with Gasteiger partial charge in [-0.15, -0.1) is 0 Å². The van der Waals surface area contributed by atoms with Crippen LogP contribution in [0.2, 0.25) is 0 Å². The van der Waals surface area contributed by atoms with Crippen LogP contribution in [0.1, 0.15) is 78.2 Å². The summed E-state index contributed by atoms with van der Waals surface area (Å²) < 4.78 is 0. The number of amides is 7. The number of carbonyl (C=O) groups is 7. The van der Waals surface area contributed by atoms with Crippen molar-refractivity contribution in [2.24, 2.45) is 23.3 Å². The Bertz CT molecular complexity index is 1760. The predicted molar refractivity (Wildman–Crippen MR) is 229 cm³/mol. The van der Waals surface area contributed by atoms with Crippen molar-refractivity contribution in [1.29, 1.82) is 0 Å². The molecule has 1 saturated heterocycles. The van der Waals surface area contributed by atoms with Gasteiger partial charge in [-0.05, 0) is 59.7 Å². The molecule has 1 heterocycles. The maximum atomic E-state index is 14.1. The Kier molecular flexibility index (Phi) is 20.1. The first-order chi connectivity index (χ1) is 28.1. The molecule has 7 amide bonds. The Balaban J connectivity index is 2.03. The van der Waals surface area contributed by atoms with Crippen LogP contribution < -0.4 is 38.1 Å². The first-order valence-electron chi connectivity index (χ1n) is 20.6. The summed E-state index contributed by atoms with van der Waals surface area (Å²) in [5.74, 6) is -4.87. The van der Waals surface area contributed by atoms with E-state index in [1.807, 2.05) is 56.3 Å². The maximum Gasteiger partial charge on any atom is 0.245 e. The lowest BCUT2D eigenvalue weighted by Crippen LogP contribution is -2.62. The number of aliphatic hydroxyl groups excluding tert-OH is 1. The van der Waals surface area contributed by atoms with Crippen LogP contribution in [0.3, 0.4) is 0 Å². The number of thioether (sulfide) groups is 1. The number of nitrogens with one attached hydrogen (secondary N) is 5. The van der Waals surface area contributed by atoms with Crippen LogP contribution in [0.25, 0.3) is 10.8 Å². The van der Waals surface area contributed by atoms with Crippen LogP contribution in [0, 0.1) is 11.8 Å². The number of rotatable bonds is 14. The molecular formula is C42H64N8O8S. The third kappa shape index (κ3) is 14.8. The number of carbonyl (C=O) groups excluding carboxylic acids is 7. The zero-order valence-corrected chi connectivity index (χ0v) is 35.8. The highest BCUT2D eigenvalue weighted by atomic mass is 32.2. The van der Waals surface area contributed by atoms with E-state index in [1.54, 1.807) is 13.8 Å². The lowest BCUT2D eigenvalue weighted by Gasteiger charge is -2.32. The topological polar surface area (TPSA) is 255 Å². The number of hydrogen-bond acceptors (Lipinski definition) is 10. The molecule has 0 radical (unpaired) electrons. The number of hydrogen-bond donors (Lipinski definition) is 8. The summed E-state index contributed by atoms with van der Waals surface area (Å²) in [6.07, 6.45) is 1.55. The number of nitrogens with zero attached hydrogens (tertiary/aromatic N) is 1. The van der Waals surface area contributed by atoms with Gasteiger partial charge in [-0.1, -0.05) is 83.0 Å². The van der Waals surface area contributed by atoms with Crippen LogP contribution in [-0.4, -0.2) is 119 Å². The summed E-state index contributed by atoms with van der Waals surface area (Å²) in [5.41, 5.74) is 12.0. The molecule has 1 aliphatic heterocycles. The van der Waals surface area contributed by atoms with Gasteiger partial charge < -0.3 is 48.1 Å². The molecule has 8 atom stereocenters. The van der Waals surface area contributed by atoms with E-state index in [4.69, 9.17) is 11.5 Å². The lowest BCUT2D eigenvalue weighted by molar-refractivity contribution is -0.139. The number of benzene rings is 2. The van der Waals surface area contributed by atoms with E-state index in [1.165, 1.54) is 23.7 Å². The maximum absolute atomic E-state index is 14.1. The number of nitrogens with two attached hydrogens (primary N) is 2. The van der Waals surface area contributed by atoms with Gasteiger partial charge in [-0.25, -0.2) is 0 Å². The molecule has 0 spiro atoms. The van der Waals surface area contributed by atoms with Crippen LogP contribution in [0.15, 0.2) is 42.5 Å². The van der Waals surface area contributed by atoms with Gasteiger partial charge in [0.2, 0.25) is 41.4 Å². The normalized spacial score (nSPS) is 23.4. The highest BCUT2D eigenvalue weighted by molar-refractivity contribution is 7.99. The highest BCUT2D eigenvalue weighted by Crippen LogP contribution is 2.19. The minimum atomic E-state index is -1.50. The molecular weight excluding hydrogens is 777 g/mol. The van der Waals surface area contributed by atoms with Crippen molar-refractivity contribution >= 4 is 63.9 Å². The van der Waals surface area contributed by atoms with Gasteiger partial charge in [0, 0.05) is 25.6 Å². The van der Waals surface area contributed by atoms with E-state index in [9.17, 15) is 38.7 Å². The highest BCUT2D eigenvalue weighted by Gasteiger charge is 2.37. The standard InChI is InChI=1S/C42H64N8O8S/c1-6-25(3)36-40(56)47-33(23-34(44)52)38(54)46-31(42(58)50(5)30(24-51)13-10-18-43)16-19-59-20-17-35(53)45-32(39(55)48-37(26(4)7-2)41(57)49-36)22-27-14-15-28-11-8-9-12-29(28)21-27/h8-9,11-12,14-15,21,25-26,30-33,36-37,51H,6-7,10,13,16-20,22-24,43H2,1-5H3,(H2,44,52)(H,45,53)(H,46,54)(H,47,56)(H,48,55)(H,49,57)/t25-,26+,30+,31+,32-,33+,36+,37+/m1/s1. The zero-order valence-electron chi connectivity index (χ0n) is 35.0. The largest absolute Gasteiger partial charge is 0.394 e. The Morgan fingerprint density at radius 2 is 1.44 bits per heavy atom. The first-order valence-corrected chi connectivity index (χ1v) is 21.7. The van der Waals surface area contributed by atoms with Gasteiger partial charge in [0.1, 0.15) is 30.2 Å². The molecule has 16 nitrogen and oxygen atoms in total. The third-order valence-electron chi connectivity index (χ3n) is 11.0. The third-order valence-corrected chi connectivity index (χ3v) is 12.0. The van der Waals surface area contributed by atoms with Crippen molar-refractivity contribution < 1.29 is 38.7 Å². The predicted octanol–water partition coefficient (Wildman–Crippen LogP) is 0.859. The molecule has 0 aromatic heterocycles. The summed E-state index contributed by atoms with van der Waals surface area (Å²) in [6, 6.07) is 6.99. The summed E-state index contributed by atoms with van der Waals surface area (Å²) in [6.45, 7) is 7.22. The summed E-state index contributed by atoms with van der Waals surface area (Å²) in [5, 5.41) is 25.9. The Morgan fingerprint density at radius 1 is 0.831 bits per heavy atom.